The molecule has 0 heterocycles. The van der Waals surface area contributed by atoms with Crippen LogP contribution in [0.4, 0.5) is 19.3 Å². The first-order valence-electron chi connectivity index (χ1n) is 10.6. The number of alkyl halides is 2. The Hall–Kier alpha value is -3.99. The van der Waals surface area contributed by atoms with E-state index in [1.165, 1.54) is 37.5 Å². The van der Waals surface area contributed by atoms with Crippen LogP contribution in [0.25, 0.3) is 5.70 Å². The average molecular weight is 521 g/mol. The Morgan fingerprint density at radius 1 is 1.17 bits per heavy atom. The predicted octanol–water partition coefficient (Wildman–Crippen LogP) is 4.06. The number of halogens is 3. The molecule has 0 radical (unpaired) electrons. The quantitative estimate of drug-likeness (QED) is 0.386. The van der Waals surface area contributed by atoms with Gasteiger partial charge in [0, 0.05) is 29.5 Å². The third kappa shape index (κ3) is 5.80. The van der Waals surface area contributed by atoms with Crippen LogP contribution in [0.2, 0.25) is 5.02 Å². The normalized spacial score (nSPS) is 19.7. The van der Waals surface area contributed by atoms with E-state index < -0.39 is 41.8 Å². The molecule has 0 unspecified atom stereocenters. The molecule has 1 saturated carbocycles. The van der Waals surface area contributed by atoms with E-state index in [1.54, 1.807) is 31.2 Å². The zero-order valence-corrected chi connectivity index (χ0v) is 19.9. The number of carboxylic acid groups (broad SMARTS) is 1. The van der Waals surface area contributed by atoms with Crippen LogP contribution in [0.5, 0.6) is 0 Å². The molecule has 190 valence electrons. The number of aliphatic carboxylic acids is 1. The van der Waals surface area contributed by atoms with Crippen LogP contribution in [0.1, 0.15) is 24.2 Å². The largest absolute Gasteiger partial charge is 0.481 e. The molecular formula is C24H23ClF2N4O5. The molecule has 3 atom stereocenters. The number of benzene rings is 2. The number of nitrogens with zero attached hydrogens (tertiary/aromatic N) is 1. The number of hydrogen-bond donors (Lipinski definition) is 4. The number of nitrogens with one attached hydrogen (secondary N) is 2. The predicted molar refractivity (Wildman–Crippen MR) is 130 cm³/mol. The number of alkyl carbamates (subject to hydrolysis) is 1. The van der Waals surface area contributed by atoms with Gasteiger partial charge >= 0.3 is 12.1 Å². The molecule has 0 aromatic heterocycles. The molecule has 0 aliphatic heterocycles. The van der Waals surface area contributed by atoms with Crippen molar-refractivity contribution in [2.75, 3.05) is 12.4 Å². The second kappa shape index (κ2) is 10.7. The molecule has 1 aliphatic carbocycles. The van der Waals surface area contributed by atoms with Crippen LogP contribution in [0, 0.1) is 11.8 Å². The van der Waals surface area contributed by atoms with Gasteiger partial charge < -0.3 is 20.9 Å². The molecule has 0 saturated heterocycles. The van der Waals surface area contributed by atoms with E-state index >= 15 is 0 Å². The lowest BCUT2D eigenvalue weighted by atomic mass is 10.1. The standard InChI is InChI=1S/C24H23ClF2N4O5/c1-12(15-5-3-4-6-16(15)25)36-23(35)31-17(11-29-2)20(28)13-7-9-14(10-8-13)30-21(32)18-19(22(33)34)24(18,26)27/h3-12,18-19H,28H2,1-2H3,(H,30,32)(H,31,35)(H,33,34)/b20-17+,29-11?/t12-,18+,19+/m1/s1. The number of allylic oxidation sites excluding steroid dienone is 1. The molecule has 1 aliphatic rings. The molecule has 0 spiro atoms. The Morgan fingerprint density at radius 2 is 1.81 bits per heavy atom. The van der Waals surface area contributed by atoms with Crippen LogP contribution in [-0.2, 0) is 14.3 Å². The molecule has 1 fully saturated rings. The van der Waals surface area contributed by atoms with Gasteiger partial charge in [0.1, 0.15) is 17.9 Å². The van der Waals surface area contributed by atoms with Gasteiger partial charge in [-0.3, -0.25) is 19.9 Å². The summed E-state index contributed by atoms with van der Waals surface area (Å²) >= 11 is 6.14. The van der Waals surface area contributed by atoms with Crippen LogP contribution < -0.4 is 16.4 Å². The fourth-order valence-corrected chi connectivity index (χ4v) is 3.82. The molecular weight excluding hydrogens is 498 g/mol. The van der Waals surface area contributed by atoms with Crippen LogP contribution >= 0.6 is 11.6 Å². The third-order valence-corrected chi connectivity index (χ3v) is 5.82. The number of carbonyl (C=O) groups is 3. The van der Waals surface area contributed by atoms with Crippen LogP contribution in [-0.4, -0.2) is 42.3 Å². The molecule has 2 aromatic rings. The van der Waals surface area contributed by atoms with E-state index in [4.69, 9.17) is 27.2 Å². The number of ether oxygens (including phenoxy) is 1. The minimum atomic E-state index is -3.60. The smallest absolute Gasteiger partial charge is 0.412 e. The van der Waals surface area contributed by atoms with Crippen molar-refractivity contribution in [2.45, 2.75) is 19.0 Å². The Labute approximate surface area is 210 Å². The van der Waals surface area contributed by atoms with Gasteiger partial charge in [-0.15, -0.1) is 0 Å². The Morgan fingerprint density at radius 3 is 2.36 bits per heavy atom. The van der Waals surface area contributed by atoms with Crippen molar-refractivity contribution < 1.29 is 33.0 Å². The lowest BCUT2D eigenvalue weighted by Crippen LogP contribution is -2.28. The second-order valence-corrected chi connectivity index (χ2v) is 8.35. The zero-order chi connectivity index (χ0) is 26.6. The van der Waals surface area contributed by atoms with Crippen molar-refractivity contribution in [1.29, 1.82) is 0 Å². The SMILES string of the molecule is CN=C/C(NC(=O)O[C@H](C)c1ccccc1Cl)=C(\N)c1ccc(NC(=O)[C@@H]2[C@@H](C(=O)O)C2(F)F)cc1. The molecule has 9 nitrogen and oxygen atoms in total. The number of hydrogen-bond acceptors (Lipinski definition) is 6. The fraction of sp³-hybridized carbons (Fsp3) is 0.250. The van der Waals surface area contributed by atoms with E-state index in [0.29, 0.717) is 16.1 Å². The molecule has 0 bridgehead atoms. The van der Waals surface area contributed by atoms with Crippen molar-refractivity contribution in [2.24, 2.45) is 22.6 Å². The highest BCUT2D eigenvalue weighted by Crippen LogP contribution is 2.55. The van der Waals surface area contributed by atoms with Crippen LogP contribution in [0.3, 0.4) is 0 Å². The molecule has 5 N–H and O–H groups in total. The number of nitrogens with two attached hydrogens (primary N) is 1. The molecule has 2 aromatic carbocycles. The summed E-state index contributed by atoms with van der Waals surface area (Å²) in [6.45, 7) is 1.66. The van der Waals surface area contributed by atoms with Gasteiger partial charge in [-0.2, -0.15) is 0 Å². The third-order valence-electron chi connectivity index (χ3n) is 5.48. The summed E-state index contributed by atoms with van der Waals surface area (Å²) in [5.41, 5.74) is 7.62. The molecule has 3 rings (SSSR count). The monoisotopic (exact) mass is 520 g/mol. The van der Waals surface area contributed by atoms with Gasteiger partial charge in [-0.05, 0) is 30.7 Å². The molecule has 36 heavy (non-hydrogen) atoms. The van der Waals surface area contributed by atoms with Gasteiger partial charge in [0.25, 0.3) is 5.92 Å². The summed E-state index contributed by atoms with van der Waals surface area (Å²) in [7, 11) is 1.48. The summed E-state index contributed by atoms with van der Waals surface area (Å²) in [5, 5.41) is 14.1. The molecule has 12 heteroatoms. The van der Waals surface area contributed by atoms with E-state index in [1.807, 2.05) is 0 Å². The van der Waals surface area contributed by atoms with Gasteiger partial charge in [-0.25, -0.2) is 13.6 Å². The second-order valence-electron chi connectivity index (χ2n) is 7.94. The van der Waals surface area contributed by atoms with Gasteiger partial charge in [0.2, 0.25) is 5.91 Å². The first-order chi connectivity index (χ1) is 17.0. The van der Waals surface area contributed by atoms with Gasteiger partial charge in [0.15, 0.2) is 0 Å². The van der Waals surface area contributed by atoms with E-state index in [9.17, 15) is 23.2 Å². The van der Waals surface area contributed by atoms with Crippen molar-refractivity contribution >= 4 is 47.2 Å². The highest BCUT2D eigenvalue weighted by atomic mass is 35.5. The summed E-state index contributed by atoms with van der Waals surface area (Å²) in [6, 6.07) is 12.7. The lowest BCUT2D eigenvalue weighted by Gasteiger charge is -2.16. The topological polar surface area (TPSA) is 143 Å². The summed E-state index contributed by atoms with van der Waals surface area (Å²) < 4.78 is 32.5. The van der Waals surface area contributed by atoms with Crippen molar-refractivity contribution in [3.63, 3.8) is 0 Å². The maximum Gasteiger partial charge on any atom is 0.412 e. The summed E-state index contributed by atoms with van der Waals surface area (Å²) in [4.78, 5) is 39.3. The van der Waals surface area contributed by atoms with Gasteiger partial charge in [0.05, 0.1) is 11.4 Å². The number of anilines is 1. The zero-order valence-electron chi connectivity index (χ0n) is 19.2. The first kappa shape index (κ1) is 26.6. The van der Waals surface area contributed by atoms with Crippen LogP contribution in [0.15, 0.2) is 59.2 Å². The van der Waals surface area contributed by atoms with Crippen molar-refractivity contribution in [3.05, 3.63) is 70.4 Å². The minimum absolute atomic E-state index is 0.112. The number of carbonyl (C=O) groups excluding carboxylic acids is 2. The van der Waals surface area contributed by atoms with Crippen molar-refractivity contribution in [3.8, 4) is 0 Å². The van der Waals surface area contributed by atoms with Crippen molar-refractivity contribution in [1.82, 2.24) is 5.32 Å². The summed E-state index contributed by atoms with van der Waals surface area (Å²) in [5.74, 6) is -10.4. The number of rotatable bonds is 8. The van der Waals surface area contributed by atoms with E-state index in [2.05, 4.69) is 15.6 Å². The molecule has 2 amide bonds. The number of amides is 2. The Bertz CT molecular complexity index is 1230. The Kier molecular flexibility index (Phi) is 7.93. The number of carboxylic acids is 1. The lowest BCUT2D eigenvalue weighted by molar-refractivity contribution is -0.141. The average Bonchev–Trinajstić information content (AvgIpc) is 3.41. The van der Waals surface area contributed by atoms with E-state index in [0.717, 1.165) is 0 Å². The minimum Gasteiger partial charge on any atom is -0.481 e. The maximum absolute atomic E-state index is 13.6. The van der Waals surface area contributed by atoms with Gasteiger partial charge in [-0.1, -0.05) is 41.9 Å². The first-order valence-corrected chi connectivity index (χ1v) is 11.0. The maximum atomic E-state index is 13.6. The summed E-state index contributed by atoms with van der Waals surface area (Å²) in [6.07, 6.45) is -0.141. The fourth-order valence-electron chi connectivity index (χ4n) is 3.54. The number of aliphatic imine (C=N–C) groups is 1. The highest BCUT2D eigenvalue weighted by molar-refractivity contribution is 6.31. The highest BCUT2D eigenvalue weighted by Gasteiger charge is 2.75. The Balaban J connectivity index is 1.69. The van der Waals surface area contributed by atoms with E-state index in [-0.39, 0.29) is 17.1 Å².